The molecule has 0 aliphatic heterocycles. The number of thiophene rings is 1. The topological polar surface area (TPSA) is 35.6 Å². The Bertz CT molecular complexity index is 3470. The van der Waals surface area contributed by atoms with Gasteiger partial charge in [0.15, 0.2) is 0 Å². The molecule has 4 heterocycles. The van der Waals surface area contributed by atoms with Gasteiger partial charge in [-0.25, -0.2) is 9.97 Å². The second-order valence-electron chi connectivity index (χ2n) is 14.1. The van der Waals surface area contributed by atoms with Gasteiger partial charge in [-0.2, -0.15) is 0 Å². The molecular formula is C50H30N4S. The number of para-hydroxylation sites is 5. The van der Waals surface area contributed by atoms with Gasteiger partial charge in [0.1, 0.15) is 0 Å². The number of benzene rings is 8. The van der Waals surface area contributed by atoms with E-state index in [0.29, 0.717) is 0 Å². The van der Waals surface area contributed by atoms with Crippen molar-refractivity contribution in [2.24, 2.45) is 0 Å². The molecular weight excluding hydrogens is 689 g/mol. The van der Waals surface area contributed by atoms with E-state index in [2.05, 4.69) is 161 Å². The van der Waals surface area contributed by atoms with Crippen LogP contribution >= 0.6 is 11.3 Å². The third kappa shape index (κ3) is 4.39. The van der Waals surface area contributed by atoms with Crippen LogP contribution in [-0.4, -0.2) is 19.1 Å². The van der Waals surface area contributed by atoms with Crippen LogP contribution in [0.3, 0.4) is 0 Å². The van der Waals surface area contributed by atoms with Gasteiger partial charge in [-0.15, -0.1) is 11.3 Å². The molecule has 8 aromatic carbocycles. The van der Waals surface area contributed by atoms with Crippen molar-refractivity contribution >= 4 is 86.2 Å². The molecule has 0 aliphatic rings. The summed E-state index contributed by atoms with van der Waals surface area (Å²) in [6.07, 6.45) is 0. The maximum Gasteiger partial charge on any atom is 0.0973 e. The van der Waals surface area contributed by atoms with Gasteiger partial charge in [0.25, 0.3) is 0 Å². The number of fused-ring (bicyclic) bond motifs is 13. The van der Waals surface area contributed by atoms with E-state index < -0.39 is 0 Å². The van der Waals surface area contributed by atoms with Crippen LogP contribution in [0.2, 0.25) is 0 Å². The summed E-state index contributed by atoms with van der Waals surface area (Å²) in [6, 6.07) is 65.0. The van der Waals surface area contributed by atoms with Crippen molar-refractivity contribution in [2.45, 2.75) is 0 Å². The summed E-state index contributed by atoms with van der Waals surface area (Å²) in [5.74, 6) is 0. The van der Waals surface area contributed by atoms with Gasteiger partial charge in [0.2, 0.25) is 0 Å². The van der Waals surface area contributed by atoms with E-state index in [0.717, 1.165) is 44.9 Å². The lowest BCUT2D eigenvalue weighted by Crippen LogP contribution is -1.97. The van der Waals surface area contributed by atoms with Crippen LogP contribution in [0, 0.1) is 0 Å². The minimum absolute atomic E-state index is 0.876. The minimum atomic E-state index is 0.876. The lowest BCUT2D eigenvalue weighted by atomic mass is 10.0. The molecule has 4 aromatic heterocycles. The molecule has 0 radical (unpaired) electrons. The Morgan fingerprint density at radius 3 is 1.49 bits per heavy atom. The smallest absolute Gasteiger partial charge is 0.0973 e. The lowest BCUT2D eigenvalue weighted by molar-refractivity contribution is 1.18. The molecule has 0 saturated carbocycles. The summed E-state index contributed by atoms with van der Waals surface area (Å²) in [4.78, 5) is 10.3. The number of hydrogen-bond donors (Lipinski definition) is 0. The zero-order chi connectivity index (χ0) is 36.0. The fourth-order valence-electron chi connectivity index (χ4n) is 8.77. The molecule has 0 amide bonds. The SMILES string of the molecule is c1ccc(-c2nc3ccccc3nc2-c2ccc(-n3c4ccccc4c4c5c6ccccc6n(-c6ccccc6)c5c5c6ccccc6sc5c43)cc2)cc1. The normalized spacial score (nSPS) is 12.0. The highest BCUT2D eigenvalue weighted by Gasteiger charge is 2.26. The Labute approximate surface area is 319 Å². The summed E-state index contributed by atoms with van der Waals surface area (Å²) >= 11 is 1.89. The quantitative estimate of drug-likeness (QED) is 0.182. The fraction of sp³-hybridized carbons (Fsp3) is 0. The molecule has 12 rings (SSSR count). The molecule has 4 nitrogen and oxygen atoms in total. The zero-order valence-electron chi connectivity index (χ0n) is 29.5. The first kappa shape index (κ1) is 30.4. The second kappa shape index (κ2) is 11.7. The van der Waals surface area contributed by atoms with Crippen molar-refractivity contribution in [2.75, 3.05) is 0 Å². The molecule has 0 fully saturated rings. The molecule has 256 valence electrons. The highest BCUT2D eigenvalue weighted by atomic mass is 32.1. The van der Waals surface area contributed by atoms with Crippen molar-refractivity contribution in [3.63, 3.8) is 0 Å². The van der Waals surface area contributed by atoms with Gasteiger partial charge >= 0.3 is 0 Å². The first-order valence-electron chi connectivity index (χ1n) is 18.6. The first-order chi connectivity index (χ1) is 27.3. The van der Waals surface area contributed by atoms with Gasteiger partial charge in [-0.3, -0.25) is 0 Å². The van der Waals surface area contributed by atoms with Crippen molar-refractivity contribution in [1.29, 1.82) is 0 Å². The molecule has 0 atom stereocenters. The minimum Gasteiger partial charge on any atom is -0.309 e. The number of nitrogens with zero attached hydrogens (tertiary/aromatic N) is 4. The molecule has 12 aromatic rings. The van der Waals surface area contributed by atoms with E-state index >= 15 is 0 Å². The summed E-state index contributed by atoms with van der Waals surface area (Å²) in [5, 5.41) is 7.65. The maximum atomic E-state index is 5.20. The largest absolute Gasteiger partial charge is 0.309 e. The summed E-state index contributed by atoms with van der Waals surface area (Å²) in [6.45, 7) is 0. The predicted octanol–water partition coefficient (Wildman–Crippen LogP) is 13.5. The molecule has 0 saturated heterocycles. The van der Waals surface area contributed by atoms with E-state index in [9.17, 15) is 0 Å². The van der Waals surface area contributed by atoms with Gasteiger partial charge in [0, 0.05) is 59.5 Å². The van der Waals surface area contributed by atoms with Crippen LogP contribution < -0.4 is 0 Å². The number of hydrogen-bond acceptors (Lipinski definition) is 3. The third-order valence-corrected chi connectivity index (χ3v) is 12.3. The van der Waals surface area contributed by atoms with Crippen molar-refractivity contribution < 1.29 is 0 Å². The van der Waals surface area contributed by atoms with Crippen molar-refractivity contribution in [3.05, 3.63) is 182 Å². The van der Waals surface area contributed by atoms with Crippen molar-refractivity contribution in [3.8, 4) is 33.9 Å². The Kier molecular flexibility index (Phi) is 6.47. The molecule has 0 aliphatic carbocycles. The predicted molar refractivity (Wildman–Crippen MR) is 232 cm³/mol. The Morgan fingerprint density at radius 1 is 0.364 bits per heavy atom. The maximum absolute atomic E-state index is 5.20. The van der Waals surface area contributed by atoms with E-state index in [1.54, 1.807) is 0 Å². The molecule has 5 heteroatoms. The zero-order valence-corrected chi connectivity index (χ0v) is 30.3. The molecule has 0 unspecified atom stereocenters. The Morgan fingerprint density at radius 2 is 0.836 bits per heavy atom. The van der Waals surface area contributed by atoms with E-state index in [4.69, 9.17) is 9.97 Å². The molecule has 0 N–H and O–H groups in total. The molecule has 0 bridgehead atoms. The van der Waals surface area contributed by atoms with Crippen LogP contribution in [0.15, 0.2) is 182 Å². The number of rotatable bonds is 4. The first-order valence-corrected chi connectivity index (χ1v) is 19.4. The Hall–Kier alpha value is -7.08. The summed E-state index contributed by atoms with van der Waals surface area (Å²) in [5.41, 5.74) is 12.8. The standard InChI is InChI=1S/C50H30N4S/c1-3-15-31(16-4-1)46-47(52-39-23-11-10-22-38(39)51-46)32-27-29-34(30-28-32)54-41-25-13-8-20-36(41)44-43-35-19-7-12-24-40(35)53(33-17-5-2-6-18-33)48(43)45-37-21-9-14-26-42(37)55-50(45)49(44)54/h1-30H. The van der Waals surface area contributed by atoms with E-state index in [-0.39, 0.29) is 0 Å². The van der Waals surface area contributed by atoms with Gasteiger partial charge in [-0.1, -0.05) is 127 Å². The lowest BCUT2D eigenvalue weighted by Gasteiger charge is -2.13. The third-order valence-electron chi connectivity index (χ3n) is 11.1. The number of aromatic nitrogens is 4. The summed E-state index contributed by atoms with van der Waals surface area (Å²) in [7, 11) is 0. The van der Waals surface area contributed by atoms with E-state index in [1.165, 1.54) is 63.8 Å². The Balaban J connectivity index is 1.19. The van der Waals surface area contributed by atoms with Crippen LogP contribution in [0.1, 0.15) is 0 Å². The van der Waals surface area contributed by atoms with Crippen LogP contribution in [0.25, 0.3) is 109 Å². The average Bonchev–Trinajstić information content (AvgIpc) is 3.92. The second-order valence-corrected chi connectivity index (χ2v) is 15.2. The molecule has 55 heavy (non-hydrogen) atoms. The fourth-order valence-corrected chi connectivity index (χ4v) is 10.0. The monoisotopic (exact) mass is 718 g/mol. The van der Waals surface area contributed by atoms with Crippen LogP contribution in [0.5, 0.6) is 0 Å². The van der Waals surface area contributed by atoms with Crippen LogP contribution in [-0.2, 0) is 0 Å². The molecule has 0 spiro atoms. The van der Waals surface area contributed by atoms with Gasteiger partial charge in [0.05, 0.1) is 49.2 Å². The average molecular weight is 719 g/mol. The highest BCUT2D eigenvalue weighted by molar-refractivity contribution is 7.27. The highest BCUT2D eigenvalue weighted by Crippen LogP contribution is 2.51. The van der Waals surface area contributed by atoms with Crippen molar-refractivity contribution in [1.82, 2.24) is 19.1 Å². The summed E-state index contributed by atoms with van der Waals surface area (Å²) < 4.78 is 7.55. The van der Waals surface area contributed by atoms with Gasteiger partial charge in [-0.05, 0) is 54.6 Å². The van der Waals surface area contributed by atoms with Gasteiger partial charge < -0.3 is 9.13 Å². The van der Waals surface area contributed by atoms with Crippen LogP contribution in [0.4, 0.5) is 0 Å². The van der Waals surface area contributed by atoms with E-state index in [1.807, 2.05) is 41.7 Å².